The molecule has 0 aromatic heterocycles. The SMILES string of the molecule is Cc1cc(N2CCCN(CCO)CC2)ccc1CN. The first-order valence-corrected chi connectivity index (χ1v) is 7.12. The minimum absolute atomic E-state index is 0.254. The largest absolute Gasteiger partial charge is 0.395 e. The van der Waals surface area contributed by atoms with Crippen molar-refractivity contribution in [2.45, 2.75) is 19.9 Å². The summed E-state index contributed by atoms with van der Waals surface area (Å²) in [5.74, 6) is 0. The number of nitrogens with two attached hydrogens (primary N) is 1. The minimum atomic E-state index is 0.254. The Morgan fingerprint density at radius 3 is 2.74 bits per heavy atom. The highest BCUT2D eigenvalue weighted by molar-refractivity contribution is 5.51. The number of hydrogen-bond acceptors (Lipinski definition) is 4. The van der Waals surface area contributed by atoms with Crippen LogP contribution in [0.1, 0.15) is 17.5 Å². The molecule has 2 rings (SSSR count). The number of β-amino-alcohol motifs (C(OH)–C–C–N with tert-alkyl or cyclic N) is 1. The lowest BCUT2D eigenvalue weighted by molar-refractivity contribution is 0.204. The number of hydrogen-bond donors (Lipinski definition) is 2. The Morgan fingerprint density at radius 2 is 2.05 bits per heavy atom. The molecule has 4 nitrogen and oxygen atoms in total. The molecule has 0 radical (unpaired) electrons. The van der Waals surface area contributed by atoms with Crippen LogP contribution < -0.4 is 10.6 Å². The maximum atomic E-state index is 9.02. The number of aliphatic hydroxyl groups excluding tert-OH is 1. The molecule has 1 aromatic carbocycles. The van der Waals surface area contributed by atoms with Crippen LogP contribution in [0, 0.1) is 6.92 Å². The van der Waals surface area contributed by atoms with Crippen molar-refractivity contribution < 1.29 is 5.11 Å². The zero-order chi connectivity index (χ0) is 13.7. The maximum absolute atomic E-state index is 9.02. The normalized spacial score (nSPS) is 17.5. The summed E-state index contributed by atoms with van der Waals surface area (Å²) in [5, 5.41) is 9.02. The van der Waals surface area contributed by atoms with Crippen LogP contribution in [0.15, 0.2) is 18.2 Å². The Hall–Kier alpha value is -1.10. The van der Waals surface area contributed by atoms with Crippen molar-refractivity contribution in [2.75, 3.05) is 44.2 Å². The van der Waals surface area contributed by atoms with E-state index in [9.17, 15) is 0 Å². The molecular weight excluding hydrogens is 238 g/mol. The fraction of sp³-hybridized carbons (Fsp3) is 0.600. The van der Waals surface area contributed by atoms with E-state index < -0.39 is 0 Å². The summed E-state index contributed by atoms with van der Waals surface area (Å²) >= 11 is 0. The Kier molecular flexibility index (Phi) is 5.19. The lowest BCUT2D eigenvalue weighted by atomic mass is 10.1. The average Bonchev–Trinajstić information content (AvgIpc) is 2.65. The third-order valence-electron chi connectivity index (χ3n) is 3.92. The van der Waals surface area contributed by atoms with E-state index in [1.165, 1.54) is 16.8 Å². The molecule has 1 aromatic rings. The Balaban J connectivity index is 2.03. The lowest BCUT2D eigenvalue weighted by Crippen LogP contribution is -2.32. The van der Waals surface area contributed by atoms with Crippen molar-refractivity contribution in [1.82, 2.24) is 4.90 Å². The van der Waals surface area contributed by atoms with E-state index in [1.807, 2.05) is 0 Å². The van der Waals surface area contributed by atoms with E-state index in [-0.39, 0.29) is 6.61 Å². The smallest absolute Gasteiger partial charge is 0.0558 e. The van der Waals surface area contributed by atoms with Crippen molar-refractivity contribution >= 4 is 5.69 Å². The van der Waals surface area contributed by atoms with Gasteiger partial charge in [-0.1, -0.05) is 6.07 Å². The molecule has 0 atom stereocenters. The average molecular weight is 263 g/mol. The summed E-state index contributed by atoms with van der Waals surface area (Å²) in [7, 11) is 0. The topological polar surface area (TPSA) is 52.7 Å². The highest BCUT2D eigenvalue weighted by Crippen LogP contribution is 2.20. The van der Waals surface area contributed by atoms with Gasteiger partial charge in [0.15, 0.2) is 0 Å². The van der Waals surface area contributed by atoms with E-state index >= 15 is 0 Å². The molecule has 3 N–H and O–H groups in total. The van der Waals surface area contributed by atoms with Gasteiger partial charge in [0.25, 0.3) is 0 Å². The number of benzene rings is 1. The molecule has 106 valence electrons. The van der Waals surface area contributed by atoms with E-state index in [4.69, 9.17) is 10.8 Å². The van der Waals surface area contributed by atoms with Gasteiger partial charge in [0.2, 0.25) is 0 Å². The predicted octanol–water partition coefficient (Wildman–Crippen LogP) is 0.958. The third kappa shape index (κ3) is 3.69. The summed E-state index contributed by atoms with van der Waals surface area (Å²) in [6.45, 7) is 8.00. The van der Waals surface area contributed by atoms with Gasteiger partial charge in [0, 0.05) is 38.4 Å². The molecule has 1 saturated heterocycles. The molecule has 0 saturated carbocycles. The van der Waals surface area contributed by atoms with Gasteiger partial charge in [-0.25, -0.2) is 0 Å². The first kappa shape index (κ1) is 14.3. The molecular formula is C15H25N3O. The number of aliphatic hydroxyl groups is 1. The summed E-state index contributed by atoms with van der Waals surface area (Å²) in [6, 6.07) is 6.56. The van der Waals surface area contributed by atoms with Gasteiger partial charge in [-0.3, -0.25) is 4.90 Å². The number of nitrogens with zero attached hydrogens (tertiary/aromatic N) is 2. The quantitative estimate of drug-likeness (QED) is 0.849. The molecule has 0 unspecified atom stereocenters. The van der Waals surface area contributed by atoms with Crippen LogP contribution in [0.3, 0.4) is 0 Å². The van der Waals surface area contributed by atoms with E-state index in [0.717, 1.165) is 39.1 Å². The van der Waals surface area contributed by atoms with Gasteiger partial charge in [0.1, 0.15) is 0 Å². The summed E-state index contributed by atoms with van der Waals surface area (Å²) < 4.78 is 0. The number of aryl methyl sites for hydroxylation is 1. The summed E-state index contributed by atoms with van der Waals surface area (Å²) in [6.07, 6.45) is 1.15. The maximum Gasteiger partial charge on any atom is 0.0558 e. The zero-order valence-corrected chi connectivity index (χ0v) is 11.8. The van der Waals surface area contributed by atoms with E-state index in [2.05, 4.69) is 34.9 Å². The van der Waals surface area contributed by atoms with Crippen LogP contribution in [-0.2, 0) is 6.54 Å². The second-order valence-corrected chi connectivity index (χ2v) is 5.22. The van der Waals surface area contributed by atoms with Crippen LogP contribution in [0.2, 0.25) is 0 Å². The van der Waals surface area contributed by atoms with Gasteiger partial charge in [-0.15, -0.1) is 0 Å². The van der Waals surface area contributed by atoms with Gasteiger partial charge in [-0.05, 0) is 43.1 Å². The number of anilines is 1. The fourth-order valence-corrected chi connectivity index (χ4v) is 2.70. The van der Waals surface area contributed by atoms with Gasteiger partial charge in [-0.2, -0.15) is 0 Å². The van der Waals surface area contributed by atoms with E-state index in [0.29, 0.717) is 6.54 Å². The predicted molar refractivity (Wildman–Crippen MR) is 79.4 cm³/mol. The standard InChI is InChI=1S/C15H25N3O/c1-13-11-15(4-3-14(13)12-16)18-6-2-5-17(7-8-18)9-10-19/h3-4,11,19H,2,5-10,12,16H2,1H3. The van der Waals surface area contributed by atoms with Crippen molar-refractivity contribution in [2.24, 2.45) is 5.73 Å². The lowest BCUT2D eigenvalue weighted by Gasteiger charge is -2.24. The van der Waals surface area contributed by atoms with Gasteiger partial charge < -0.3 is 15.7 Å². The van der Waals surface area contributed by atoms with Crippen molar-refractivity contribution in [3.05, 3.63) is 29.3 Å². The molecule has 0 bridgehead atoms. The van der Waals surface area contributed by atoms with Crippen LogP contribution in [0.25, 0.3) is 0 Å². The van der Waals surface area contributed by atoms with Crippen LogP contribution >= 0.6 is 0 Å². The first-order chi connectivity index (χ1) is 9.24. The van der Waals surface area contributed by atoms with E-state index in [1.54, 1.807) is 0 Å². The number of rotatable bonds is 4. The first-order valence-electron chi connectivity index (χ1n) is 7.12. The molecule has 1 aliphatic heterocycles. The summed E-state index contributed by atoms with van der Waals surface area (Å²) in [5.41, 5.74) is 9.50. The molecule has 1 aliphatic rings. The van der Waals surface area contributed by atoms with Crippen LogP contribution in [-0.4, -0.2) is 49.3 Å². The fourth-order valence-electron chi connectivity index (χ4n) is 2.70. The minimum Gasteiger partial charge on any atom is -0.395 e. The molecule has 1 heterocycles. The molecule has 19 heavy (non-hydrogen) atoms. The highest BCUT2D eigenvalue weighted by Gasteiger charge is 2.15. The highest BCUT2D eigenvalue weighted by atomic mass is 16.3. The molecule has 0 aliphatic carbocycles. The third-order valence-corrected chi connectivity index (χ3v) is 3.92. The molecule has 4 heteroatoms. The Bertz CT molecular complexity index is 408. The molecule has 0 amide bonds. The van der Waals surface area contributed by atoms with Gasteiger partial charge >= 0.3 is 0 Å². The molecule has 0 spiro atoms. The Labute approximate surface area is 115 Å². The van der Waals surface area contributed by atoms with Crippen LogP contribution in [0.4, 0.5) is 5.69 Å². The Morgan fingerprint density at radius 1 is 1.21 bits per heavy atom. The van der Waals surface area contributed by atoms with Crippen LogP contribution in [0.5, 0.6) is 0 Å². The van der Waals surface area contributed by atoms with Gasteiger partial charge in [0.05, 0.1) is 6.61 Å². The monoisotopic (exact) mass is 263 g/mol. The summed E-state index contributed by atoms with van der Waals surface area (Å²) in [4.78, 5) is 4.77. The second-order valence-electron chi connectivity index (χ2n) is 5.22. The van der Waals surface area contributed by atoms with Crippen molar-refractivity contribution in [3.63, 3.8) is 0 Å². The second kappa shape index (κ2) is 6.89. The zero-order valence-electron chi connectivity index (χ0n) is 11.8. The van der Waals surface area contributed by atoms with Crippen molar-refractivity contribution in [3.8, 4) is 0 Å². The van der Waals surface area contributed by atoms with Crippen molar-refractivity contribution in [1.29, 1.82) is 0 Å². The molecule has 1 fully saturated rings.